The molecule has 4 aliphatic rings. The highest BCUT2D eigenvalue weighted by atomic mass is 79.9. The zero-order chi connectivity index (χ0) is 27.9. The van der Waals surface area contributed by atoms with Gasteiger partial charge in [-0.25, -0.2) is 0 Å². The molecule has 1 aliphatic carbocycles. The molecule has 212 valence electrons. The Kier molecular flexibility index (Phi) is 7.98. The Morgan fingerprint density at radius 1 is 1.02 bits per heavy atom. The summed E-state index contributed by atoms with van der Waals surface area (Å²) in [5, 5.41) is 16.9. The highest BCUT2D eigenvalue weighted by molar-refractivity contribution is 9.09. The number of likely N-dealkylation sites (tertiary alicyclic amines) is 1. The van der Waals surface area contributed by atoms with Crippen LogP contribution in [0.5, 0.6) is 0 Å². The SMILES string of the molecule is O=C(NC1CCCCC1)C1N([C@H](CO)c2ccccc2)C(=O)[C@@H]2[C@@H](C(=O)NCc3ccccc3)[C@@H]3SC12CC3Br. The van der Waals surface area contributed by atoms with E-state index >= 15 is 0 Å². The van der Waals surface area contributed by atoms with Crippen LogP contribution in [-0.4, -0.2) is 61.2 Å². The molecular formula is C31H36BrN3O4S. The van der Waals surface area contributed by atoms with Crippen molar-refractivity contribution >= 4 is 45.4 Å². The normalized spacial score (nSPS) is 32.1. The first kappa shape index (κ1) is 27.8. The van der Waals surface area contributed by atoms with Crippen molar-refractivity contribution < 1.29 is 19.5 Å². The topological polar surface area (TPSA) is 98.7 Å². The molecule has 6 rings (SSSR count). The zero-order valence-electron chi connectivity index (χ0n) is 22.4. The molecule has 7 nitrogen and oxygen atoms in total. The number of aliphatic hydroxyl groups is 1. The lowest BCUT2D eigenvalue weighted by Gasteiger charge is -2.38. The van der Waals surface area contributed by atoms with Gasteiger partial charge in [0.1, 0.15) is 6.04 Å². The Morgan fingerprint density at radius 2 is 1.70 bits per heavy atom. The number of nitrogens with zero attached hydrogens (tertiary/aromatic N) is 1. The maximum Gasteiger partial charge on any atom is 0.244 e. The summed E-state index contributed by atoms with van der Waals surface area (Å²) in [6.07, 6.45) is 5.83. The van der Waals surface area contributed by atoms with Crippen LogP contribution in [0.15, 0.2) is 60.7 Å². The molecule has 3 saturated heterocycles. The number of carbonyl (C=O) groups excluding carboxylic acids is 3. The van der Waals surface area contributed by atoms with E-state index in [4.69, 9.17) is 0 Å². The third-order valence-electron chi connectivity index (χ3n) is 9.23. The molecule has 9 heteroatoms. The fraction of sp³-hybridized carbons (Fsp3) is 0.516. The molecule has 2 bridgehead atoms. The summed E-state index contributed by atoms with van der Waals surface area (Å²) in [5.74, 6) is -1.72. The second-order valence-corrected chi connectivity index (χ2v) is 14.3. The minimum atomic E-state index is -0.772. The predicted molar refractivity (Wildman–Crippen MR) is 159 cm³/mol. The van der Waals surface area contributed by atoms with Crippen molar-refractivity contribution in [1.82, 2.24) is 15.5 Å². The Morgan fingerprint density at radius 3 is 2.38 bits per heavy atom. The van der Waals surface area contributed by atoms with E-state index in [9.17, 15) is 19.5 Å². The number of amides is 3. The van der Waals surface area contributed by atoms with Crippen molar-refractivity contribution in [2.45, 2.75) is 78.0 Å². The molecule has 3 amide bonds. The van der Waals surface area contributed by atoms with E-state index < -0.39 is 28.7 Å². The molecule has 2 aromatic carbocycles. The maximum atomic E-state index is 14.5. The number of carbonyl (C=O) groups is 3. The smallest absolute Gasteiger partial charge is 0.244 e. The number of halogens is 1. The summed E-state index contributed by atoms with van der Waals surface area (Å²) < 4.78 is -0.744. The number of thioether (sulfide) groups is 1. The highest BCUT2D eigenvalue weighted by Gasteiger charge is 2.76. The van der Waals surface area contributed by atoms with Crippen LogP contribution >= 0.6 is 27.7 Å². The Labute approximate surface area is 248 Å². The molecule has 2 aromatic rings. The van der Waals surface area contributed by atoms with Crippen molar-refractivity contribution in [1.29, 1.82) is 0 Å². The number of hydrogen-bond donors (Lipinski definition) is 3. The van der Waals surface area contributed by atoms with Gasteiger partial charge in [-0.05, 0) is 30.4 Å². The molecule has 7 atom stereocenters. The van der Waals surface area contributed by atoms with Gasteiger partial charge in [-0.2, -0.15) is 0 Å². The van der Waals surface area contributed by atoms with Gasteiger partial charge in [-0.1, -0.05) is 95.9 Å². The van der Waals surface area contributed by atoms with Gasteiger partial charge >= 0.3 is 0 Å². The third kappa shape index (κ3) is 4.77. The molecule has 3 unspecified atom stereocenters. The summed E-state index contributed by atoms with van der Waals surface area (Å²) in [6, 6.07) is 17.8. The molecule has 3 aliphatic heterocycles. The highest BCUT2D eigenvalue weighted by Crippen LogP contribution is 2.68. The van der Waals surface area contributed by atoms with E-state index in [1.807, 2.05) is 60.7 Å². The number of nitrogens with one attached hydrogen (secondary N) is 2. The summed E-state index contributed by atoms with van der Waals surface area (Å²) in [4.78, 5) is 44.1. The molecule has 0 radical (unpaired) electrons. The van der Waals surface area contributed by atoms with Crippen molar-refractivity contribution in [3.63, 3.8) is 0 Å². The van der Waals surface area contributed by atoms with Crippen LogP contribution in [0.25, 0.3) is 0 Å². The van der Waals surface area contributed by atoms with Gasteiger partial charge in [0.25, 0.3) is 0 Å². The van der Waals surface area contributed by atoms with Crippen molar-refractivity contribution in [2.75, 3.05) is 6.61 Å². The summed E-state index contributed by atoms with van der Waals surface area (Å²) >= 11 is 5.47. The summed E-state index contributed by atoms with van der Waals surface area (Å²) in [7, 11) is 0. The number of hydrogen-bond acceptors (Lipinski definition) is 5. The van der Waals surface area contributed by atoms with E-state index in [0.717, 1.165) is 36.8 Å². The van der Waals surface area contributed by atoms with E-state index in [1.165, 1.54) is 6.42 Å². The van der Waals surface area contributed by atoms with Crippen LogP contribution in [0.3, 0.4) is 0 Å². The average molecular weight is 627 g/mol. The standard InChI is InChI=1S/C31H36BrN3O4S/c32-22-16-31-25(24(26(22)40-31)28(37)33-17-19-10-4-1-5-11-19)30(39)35(23(18-36)20-12-6-2-7-13-20)27(31)29(38)34-21-14-8-3-9-15-21/h1-2,4-7,10-13,21-27,36H,3,8-9,14-18H2,(H,33,37)(H,34,38)/t22?,23-,24-,25+,26-,27?,31?/m1/s1. The Bertz CT molecular complexity index is 1240. The lowest BCUT2D eigenvalue weighted by Crippen LogP contribution is -2.57. The van der Waals surface area contributed by atoms with Gasteiger partial charge in [0.15, 0.2) is 0 Å². The molecular weight excluding hydrogens is 590 g/mol. The summed E-state index contributed by atoms with van der Waals surface area (Å²) in [5.41, 5.74) is 1.77. The van der Waals surface area contributed by atoms with Crippen LogP contribution < -0.4 is 10.6 Å². The fourth-order valence-electron chi connectivity index (χ4n) is 7.46. The first-order valence-corrected chi connectivity index (χ1v) is 16.2. The van der Waals surface area contributed by atoms with Gasteiger partial charge in [-0.3, -0.25) is 14.4 Å². The number of benzene rings is 2. The van der Waals surface area contributed by atoms with Crippen LogP contribution in [0.4, 0.5) is 0 Å². The first-order valence-electron chi connectivity index (χ1n) is 14.4. The second-order valence-electron chi connectivity index (χ2n) is 11.6. The molecule has 1 spiro atoms. The van der Waals surface area contributed by atoms with E-state index in [1.54, 1.807) is 16.7 Å². The molecule has 0 aromatic heterocycles. The molecule has 3 N–H and O–H groups in total. The number of fused-ring (bicyclic) bond motifs is 1. The van der Waals surface area contributed by atoms with Crippen LogP contribution in [0, 0.1) is 11.8 Å². The minimum Gasteiger partial charge on any atom is -0.394 e. The molecule has 3 heterocycles. The van der Waals surface area contributed by atoms with E-state index in [-0.39, 0.29) is 40.4 Å². The number of aliphatic hydroxyl groups excluding tert-OH is 1. The van der Waals surface area contributed by atoms with Crippen LogP contribution in [0.2, 0.25) is 0 Å². The predicted octanol–water partition coefficient (Wildman–Crippen LogP) is 3.95. The van der Waals surface area contributed by atoms with Gasteiger partial charge in [-0.15, -0.1) is 11.8 Å². The van der Waals surface area contributed by atoms with E-state index in [2.05, 4.69) is 26.6 Å². The monoisotopic (exact) mass is 625 g/mol. The Balaban J connectivity index is 1.35. The average Bonchev–Trinajstić information content (AvgIpc) is 3.57. The molecule has 40 heavy (non-hydrogen) atoms. The van der Waals surface area contributed by atoms with Crippen LogP contribution in [-0.2, 0) is 20.9 Å². The quantitative estimate of drug-likeness (QED) is 0.386. The number of rotatable bonds is 8. The summed E-state index contributed by atoms with van der Waals surface area (Å²) in [6.45, 7) is 0.0788. The molecule has 4 fully saturated rings. The van der Waals surface area contributed by atoms with Crippen LogP contribution in [0.1, 0.15) is 55.7 Å². The van der Waals surface area contributed by atoms with E-state index in [0.29, 0.717) is 13.0 Å². The number of alkyl halides is 1. The lowest BCUT2D eigenvalue weighted by molar-refractivity contribution is -0.143. The van der Waals surface area contributed by atoms with Crippen molar-refractivity contribution in [3.05, 3.63) is 71.8 Å². The first-order chi connectivity index (χ1) is 19.4. The lowest BCUT2D eigenvalue weighted by atomic mass is 9.70. The van der Waals surface area contributed by atoms with Gasteiger partial charge in [0.05, 0.1) is 29.2 Å². The van der Waals surface area contributed by atoms with Gasteiger partial charge in [0, 0.05) is 22.7 Å². The van der Waals surface area contributed by atoms with Gasteiger partial charge < -0.3 is 20.6 Å². The second kappa shape index (κ2) is 11.5. The van der Waals surface area contributed by atoms with Crippen molar-refractivity contribution in [3.8, 4) is 0 Å². The van der Waals surface area contributed by atoms with Gasteiger partial charge in [0.2, 0.25) is 17.7 Å². The maximum absolute atomic E-state index is 14.5. The molecule has 1 saturated carbocycles. The fourth-order valence-corrected chi connectivity index (χ4v) is 11.1. The Hall–Kier alpha value is -2.36. The third-order valence-corrected chi connectivity index (χ3v) is 12.5. The largest absolute Gasteiger partial charge is 0.394 e. The van der Waals surface area contributed by atoms with Crippen molar-refractivity contribution in [2.24, 2.45) is 11.8 Å². The zero-order valence-corrected chi connectivity index (χ0v) is 24.8. The minimum absolute atomic E-state index is 0.00302.